The molecular formula is C17H15NO4. The number of benzene rings is 2. The summed E-state index contributed by atoms with van der Waals surface area (Å²) in [6.45, 7) is 1.65. The molecule has 2 N–H and O–H groups in total. The van der Waals surface area contributed by atoms with Gasteiger partial charge in [0, 0.05) is 12.0 Å². The normalized spacial score (nSPS) is 11.2. The third-order valence-electron chi connectivity index (χ3n) is 3.32. The van der Waals surface area contributed by atoms with Crippen molar-refractivity contribution in [1.82, 2.24) is 0 Å². The van der Waals surface area contributed by atoms with Crippen molar-refractivity contribution >= 4 is 17.5 Å². The Morgan fingerprint density at radius 2 is 1.73 bits per heavy atom. The minimum atomic E-state index is -1.12. The zero-order valence-corrected chi connectivity index (χ0v) is 12.0. The quantitative estimate of drug-likeness (QED) is 0.384. The first-order valence-corrected chi connectivity index (χ1v) is 6.66. The van der Waals surface area contributed by atoms with Gasteiger partial charge in [0.25, 0.3) is 0 Å². The Kier molecular flexibility index (Phi) is 4.68. The van der Waals surface area contributed by atoms with Gasteiger partial charge in [0.2, 0.25) is 0 Å². The molecule has 22 heavy (non-hydrogen) atoms. The molecular weight excluding hydrogens is 282 g/mol. The molecule has 0 amide bonds. The van der Waals surface area contributed by atoms with E-state index >= 15 is 0 Å². The number of rotatable bonds is 5. The van der Waals surface area contributed by atoms with E-state index in [-0.39, 0.29) is 23.3 Å². The summed E-state index contributed by atoms with van der Waals surface area (Å²) < 4.78 is 0. The molecule has 0 unspecified atom stereocenters. The standard InChI is InChI=1S/C17H15NO4/c1-11(18-22)13-6-4-5-12(9-13)10-16(19)14-7-2-3-8-15(14)17(20)21/h2-9,22H,10H2,1H3,(H,20,21). The van der Waals surface area contributed by atoms with Crippen LogP contribution in [0.25, 0.3) is 0 Å². The number of hydrogen-bond donors (Lipinski definition) is 2. The molecule has 0 aliphatic carbocycles. The molecule has 0 radical (unpaired) electrons. The molecule has 112 valence electrons. The molecule has 0 bridgehead atoms. The van der Waals surface area contributed by atoms with E-state index in [0.717, 1.165) is 5.56 Å². The molecule has 0 saturated carbocycles. The molecule has 0 fully saturated rings. The number of aromatic carboxylic acids is 1. The van der Waals surface area contributed by atoms with Crippen molar-refractivity contribution in [3.8, 4) is 0 Å². The van der Waals surface area contributed by atoms with Gasteiger partial charge in [-0.05, 0) is 30.2 Å². The molecule has 0 saturated heterocycles. The van der Waals surface area contributed by atoms with Crippen molar-refractivity contribution in [3.63, 3.8) is 0 Å². The molecule has 0 atom stereocenters. The zero-order valence-electron chi connectivity index (χ0n) is 12.0. The highest BCUT2D eigenvalue weighted by molar-refractivity contribution is 6.06. The van der Waals surface area contributed by atoms with E-state index in [0.29, 0.717) is 11.3 Å². The lowest BCUT2D eigenvalue weighted by Gasteiger charge is -2.06. The Labute approximate surface area is 127 Å². The number of hydrogen-bond acceptors (Lipinski definition) is 4. The van der Waals surface area contributed by atoms with Crippen molar-refractivity contribution in [2.24, 2.45) is 5.16 Å². The monoisotopic (exact) mass is 297 g/mol. The number of carboxylic acids is 1. The minimum Gasteiger partial charge on any atom is -0.478 e. The fourth-order valence-electron chi connectivity index (χ4n) is 2.16. The number of nitrogens with zero attached hydrogens (tertiary/aromatic N) is 1. The number of carbonyl (C=O) groups is 2. The number of oxime groups is 1. The van der Waals surface area contributed by atoms with Gasteiger partial charge in [-0.25, -0.2) is 4.79 Å². The van der Waals surface area contributed by atoms with E-state index in [4.69, 9.17) is 10.3 Å². The number of carbonyl (C=O) groups excluding carboxylic acids is 1. The minimum absolute atomic E-state index is 0.00300. The number of Topliss-reactive ketones (excluding diaryl/α,β-unsaturated/α-hetero) is 1. The van der Waals surface area contributed by atoms with Crippen molar-refractivity contribution in [2.45, 2.75) is 13.3 Å². The third kappa shape index (κ3) is 3.38. The van der Waals surface area contributed by atoms with Crippen LogP contribution < -0.4 is 0 Å². The summed E-state index contributed by atoms with van der Waals surface area (Å²) in [7, 11) is 0. The highest BCUT2D eigenvalue weighted by Gasteiger charge is 2.16. The molecule has 2 aromatic carbocycles. The summed E-state index contributed by atoms with van der Waals surface area (Å²) in [5.41, 5.74) is 2.06. The maximum absolute atomic E-state index is 12.3. The number of carboxylic acid groups (broad SMARTS) is 1. The maximum Gasteiger partial charge on any atom is 0.336 e. The fourth-order valence-corrected chi connectivity index (χ4v) is 2.16. The molecule has 0 spiro atoms. The lowest BCUT2D eigenvalue weighted by atomic mass is 9.97. The molecule has 0 heterocycles. The van der Waals surface area contributed by atoms with Crippen molar-refractivity contribution < 1.29 is 19.9 Å². The Morgan fingerprint density at radius 3 is 2.36 bits per heavy atom. The Morgan fingerprint density at radius 1 is 1.05 bits per heavy atom. The molecule has 2 aromatic rings. The van der Waals surface area contributed by atoms with Crippen molar-refractivity contribution in [3.05, 3.63) is 70.8 Å². The molecule has 5 heteroatoms. The predicted molar refractivity (Wildman–Crippen MR) is 81.9 cm³/mol. The Bertz CT molecular complexity index is 750. The van der Waals surface area contributed by atoms with E-state index in [1.54, 1.807) is 43.3 Å². The van der Waals surface area contributed by atoms with Gasteiger partial charge in [-0.15, -0.1) is 0 Å². The van der Waals surface area contributed by atoms with Crippen LogP contribution in [-0.2, 0) is 6.42 Å². The lowest BCUT2D eigenvalue weighted by Crippen LogP contribution is -2.11. The molecule has 0 aromatic heterocycles. The summed E-state index contributed by atoms with van der Waals surface area (Å²) >= 11 is 0. The average molecular weight is 297 g/mol. The Balaban J connectivity index is 2.28. The maximum atomic E-state index is 12.3. The van der Waals surface area contributed by atoms with Crippen molar-refractivity contribution in [1.29, 1.82) is 0 Å². The summed E-state index contributed by atoms with van der Waals surface area (Å²) in [4.78, 5) is 23.5. The zero-order chi connectivity index (χ0) is 16.1. The first kappa shape index (κ1) is 15.4. The second-order valence-electron chi connectivity index (χ2n) is 4.84. The van der Waals surface area contributed by atoms with Gasteiger partial charge in [0.15, 0.2) is 5.78 Å². The molecule has 0 aliphatic rings. The number of ketones is 1. The average Bonchev–Trinajstić information content (AvgIpc) is 2.54. The van der Waals surface area contributed by atoms with Gasteiger partial charge in [-0.3, -0.25) is 4.79 Å². The van der Waals surface area contributed by atoms with E-state index in [2.05, 4.69) is 5.16 Å². The van der Waals surface area contributed by atoms with Crippen molar-refractivity contribution in [2.75, 3.05) is 0 Å². The van der Waals surface area contributed by atoms with E-state index in [1.807, 2.05) is 0 Å². The van der Waals surface area contributed by atoms with Crippen LogP contribution in [0.3, 0.4) is 0 Å². The van der Waals surface area contributed by atoms with Crippen LogP contribution in [0.2, 0.25) is 0 Å². The second-order valence-corrected chi connectivity index (χ2v) is 4.84. The largest absolute Gasteiger partial charge is 0.478 e. The lowest BCUT2D eigenvalue weighted by molar-refractivity contribution is 0.0692. The smallest absolute Gasteiger partial charge is 0.336 e. The summed E-state index contributed by atoms with van der Waals surface area (Å²) in [6.07, 6.45) is 0.0802. The SMILES string of the molecule is CC(=NO)c1cccc(CC(=O)c2ccccc2C(=O)O)c1. The summed E-state index contributed by atoms with van der Waals surface area (Å²) in [5.74, 6) is -1.39. The van der Waals surface area contributed by atoms with E-state index in [1.165, 1.54) is 12.1 Å². The van der Waals surface area contributed by atoms with Crippen LogP contribution in [0, 0.1) is 0 Å². The van der Waals surface area contributed by atoms with Crippen LogP contribution >= 0.6 is 0 Å². The first-order chi connectivity index (χ1) is 10.5. The van der Waals surface area contributed by atoms with Gasteiger partial charge in [-0.1, -0.05) is 41.6 Å². The summed E-state index contributed by atoms with van der Waals surface area (Å²) in [5, 5.41) is 21.1. The van der Waals surface area contributed by atoms with Crippen LogP contribution in [0.4, 0.5) is 0 Å². The first-order valence-electron chi connectivity index (χ1n) is 6.66. The highest BCUT2D eigenvalue weighted by Crippen LogP contribution is 2.14. The van der Waals surface area contributed by atoms with Gasteiger partial charge in [0.05, 0.1) is 11.3 Å². The summed E-state index contributed by atoms with van der Waals surface area (Å²) in [6, 6.07) is 13.2. The van der Waals surface area contributed by atoms with Gasteiger partial charge >= 0.3 is 5.97 Å². The fraction of sp³-hybridized carbons (Fsp3) is 0.118. The van der Waals surface area contributed by atoms with Gasteiger partial charge in [0.1, 0.15) is 0 Å². The highest BCUT2D eigenvalue weighted by atomic mass is 16.4. The predicted octanol–water partition coefficient (Wildman–Crippen LogP) is 3.01. The Hall–Kier alpha value is -2.95. The molecule has 2 rings (SSSR count). The van der Waals surface area contributed by atoms with Crippen LogP contribution in [-0.4, -0.2) is 27.8 Å². The van der Waals surface area contributed by atoms with Crippen LogP contribution in [0.5, 0.6) is 0 Å². The molecule has 0 aliphatic heterocycles. The van der Waals surface area contributed by atoms with Crippen LogP contribution in [0.1, 0.15) is 38.8 Å². The van der Waals surface area contributed by atoms with Gasteiger partial charge in [-0.2, -0.15) is 0 Å². The van der Waals surface area contributed by atoms with Gasteiger partial charge < -0.3 is 10.3 Å². The topological polar surface area (TPSA) is 87.0 Å². The third-order valence-corrected chi connectivity index (χ3v) is 3.32. The van der Waals surface area contributed by atoms with Crippen LogP contribution in [0.15, 0.2) is 53.7 Å². The second kappa shape index (κ2) is 6.67. The molecule has 5 nitrogen and oxygen atoms in total. The van der Waals surface area contributed by atoms with E-state index < -0.39 is 5.97 Å². The van der Waals surface area contributed by atoms with E-state index in [9.17, 15) is 9.59 Å².